The highest BCUT2D eigenvalue weighted by molar-refractivity contribution is 7.92. The standard InChI is InChI=1S/C23H19N3O4S/c1-30-23(27)19-13-22(25-21-11-12-24-14-20(19)21)17-5-3-15(4-6-17)16-7-9-18(10-8-16)26-31(2,28)29/h3-14,26H,1-2H3. The number of ether oxygens (including phenoxy) is 1. The van der Waals surface area contributed by atoms with Crippen molar-refractivity contribution in [3.63, 3.8) is 0 Å². The molecule has 0 radical (unpaired) electrons. The van der Waals surface area contributed by atoms with Gasteiger partial charge in [0.2, 0.25) is 10.0 Å². The third kappa shape index (κ3) is 4.54. The molecule has 0 aliphatic rings. The van der Waals surface area contributed by atoms with Gasteiger partial charge < -0.3 is 4.74 Å². The molecule has 0 aliphatic heterocycles. The van der Waals surface area contributed by atoms with Gasteiger partial charge in [-0.2, -0.15) is 0 Å². The van der Waals surface area contributed by atoms with E-state index in [9.17, 15) is 13.2 Å². The number of nitrogens with one attached hydrogen (secondary N) is 1. The van der Waals surface area contributed by atoms with Gasteiger partial charge in [-0.05, 0) is 35.4 Å². The minimum atomic E-state index is -3.31. The molecule has 7 nitrogen and oxygen atoms in total. The quantitative estimate of drug-likeness (QED) is 0.476. The number of pyridine rings is 2. The van der Waals surface area contributed by atoms with Crippen molar-refractivity contribution in [2.75, 3.05) is 18.1 Å². The predicted molar refractivity (Wildman–Crippen MR) is 120 cm³/mol. The van der Waals surface area contributed by atoms with Crippen LogP contribution < -0.4 is 4.72 Å². The van der Waals surface area contributed by atoms with Gasteiger partial charge in [0.15, 0.2) is 0 Å². The number of esters is 1. The van der Waals surface area contributed by atoms with E-state index in [0.717, 1.165) is 22.9 Å². The van der Waals surface area contributed by atoms with Crippen molar-refractivity contribution in [3.8, 4) is 22.4 Å². The van der Waals surface area contributed by atoms with Crippen LogP contribution in [0.5, 0.6) is 0 Å². The van der Waals surface area contributed by atoms with E-state index in [2.05, 4.69) is 14.7 Å². The number of benzene rings is 2. The van der Waals surface area contributed by atoms with Crippen molar-refractivity contribution in [3.05, 3.63) is 78.6 Å². The maximum absolute atomic E-state index is 12.2. The van der Waals surface area contributed by atoms with Gasteiger partial charge in [-0.1, -0.05) is 36.4 Å². The van der Waals surface area contributed by atoms with Gasteiger partial charge in [-0.25, -0.2) is 18.2 Å². The Morgan fingerprint density at radius 2 is 1.55 bits per heavy atom. The van der Waals surface area contributed by atoms with Crippen molar-refractivity contribution in [1.29, 1.82) is 0 Å². The van der Waals surface area contributed by atoms with Gasteiger partial charge in [0.1, 0.15) is 0 Å². The molecule has 0 aliphatic carbocycles. The Hall–Kier alpha value is -3.78. The molecule has 4 rings (SSSR count). The zero-order valence-corrected chi connectivity index (χ0v) is 17.7. The Kier molecular flexibility index (Phi) is 5.39. The van der Waals surface area contributed by atoms with Gasteiger partial charge in [-0.15, -0.1) is 0 Å². The van der Waals surface area contributed by atoms with E-state index in [-0.39, 0.29) is 0 Å². The molecular formula is C23H19N3O4S. The maximum atomic E-state index is 12.2. The Bertz CT molecular complexity index is 1370. The lowest BCUT2D eigenvalue weighted by molar-refractivity contribution is 0.0603. The van der Waals surface area contributed by atoms with Crippen LogP contribution in [0.25, 0.3) is 33.3 Å². The molecule has 0 saturated carbocycles. The summed E-state index contributed by atoms with van der Waals surface area (Å²) in [6, 6.07) is 18.3. The summed E-state index contributed by atoms with van der Waals surface area (Å²) in [6.07, 6.45) is 4.35. The van der Waals surface area contributed by atoms with Crippen LogP contribution in [0.1, 0.15) is 10.4 Å². The minimum Gasteiger partial charge on any atom is -0.465 e. The Morgan fingerprint density at radius 1 is 0.935 bits per heavy atom. The van der Waals surface area contributed by atoms with Crippen LogP contribution in [-0.2, 0) is 14.8 Å². The fourth-order valence-corrected chi connectivity index (χ4v) is 3.84. The first-order chi connectivity index (χ1) is 14.8. The number of anilines is 1. The molecule has 156 valence electrons. The van der Waals surface area contributed by atoms with Crippen molar-refractivity contribution < 1.29 is 17.9 Å². The SMILES string of the molecule is COC(=O)c1cc(-c2ccc(-c3ccc(NS(C)(=O)=O)cc3)cc2)nc2ccncc12. The van der Waals surface area contributed by atoms with E-state index in [0.29, 0.717) is 27.8 Å². The van der Waals surface area contributed by atoms with Crippen LogP contribution >= 0.6 is 0 Å². The molecule has 0 fully saturated rings. The molecule has 0 bridgehead atoms. The molecule has 0 spiro atoms. The smallest absolute Gasteiger partial charge is 0.338 e. The third-order valence-electron chi connectivity index (χ3n) is 4.72. The van der Waals surface area contributed by atoms with E-state index in [1.165, 1.54) is 7.11 Å². The normalized spacial score (nSPS) is 11.3. The first-order valence-corrected chi connectivity index (χ1v) is 11.2. The van der Waals surface area contributed by atoms with Gasteiger partial charge in [0, 0.05) is 29.0 Å². The average Bonchev–Trinajstić information content (AvgIpc) is 2.77. The lowest BCUT2D eigenvalue weighted by atomic mass is 10.0. The highest BCUT2D eigenvalue weighted by Crippen LogP contribution is 2.28. The topological polar surface area (TPSA) is 98.2 Å². The van der Waals surface area contributed by atoms with Crippen LogP contribution in [0.3, 0.4) is 0 Å². The number of aromatic nitrogens is 2. The molecule has 2 aromatic carbocycles. The van der Waals surface area contributed by atoms with Crippen LogP contribution in [0, 0.1) is 0 Å². The zero-order chi connectivity index (χ0) is 22.0. The number of sulfonamides is 1. The molecule has 2 aromatic heterocycles. The van der Waals surface area contributed by atoms with Gasteiger partial charge in [0.05, 0.1) is 30.1 Å². The van der Waals surface area contributed by atoms with Crippen molar-refractivity contribution >= 4 is 32.6 Å². The number of methoxy groups -OCH3 is 1. The number of nitrogens with zero attached hydrogens (tertiary/aromatic N) is 2. The molecule has 31 heavy (non-hydrogen) atoms. The summed E-state index contributed by atoms with van der Waals surface area (Å²) in [5, 5.41) is 0.637. The lowest BCUT2D eigenvalue weighted by Crippen LogP contribution is -2.09. The Morgan fingerprint density at radius 3 is 2.16 bits per heavy atom. The van der Waals surface area contributed by atoms with E-state index in [1.807, 2.05) is 36.4 Å². The summed E-state index contributed by atoms with van der Waals surface area (Å²) in [4.78, 5) is 21.0. The molecule has 0 atom stereocenters. The number of rotatable bonds is 5. The first kappa shape index (κ1) is 20.5. The second-order valence-electron chi connectivity index (χ2n) is 6.97. The fraction of sp³-hybridized carbons (Fsp3) is 0.0870. The molecule has 0 unspecified atom stereocenters. The summed E-state index contributed by atoms with van der Waals surface area (Å²) in [7, 11) is -1.97. The molecule has 0 saturated heterocycles. The van der Waals surface area contributed by atoms with Gasteiger partial charge in [-0.3, -0.25) is 9.71 Å². The van der Waals surface area contributed by atoms with Crippen molar-refractivity contribution in [2.45, 2.75) is 0 Å². The zero-order valence-electron chi connectivity index (χ0n) is 16.9. The minimum absolute atomic E-state index is 0.411. The monoisotopic (exact) mass is 433 g/mol. The highest BCUT2D eigenvalue weighted by atomic mass is 32.2. The van der Waals surface area contributed by atoms with Crippen LogP contribution in [0.4, 0.5) is 5.69 Å². The summed E-state index contributed by atoms with van der Waals surface area (Å²) in [5.41, 5.74) is 4.99. The van der Waals surface area contributed by atoms with Crippen LogP contribution in [0.15, 0.2) is 73.1 Å². The van der Waals surface area contributed by atoms with E-state index < -0.39 is 16.0 Å². The van der Waals surface area contributed by atoms with Gasteiger partial charge in [0.25, 0.3) is 0 Å². The summed E-state index contributed by atoms with van der Waals surface area (Å²) in [5.74, 6) is -0.443. The molecule has 4 aromatic rings. The van der Waals surface area contributed by atoms with E-state index >= 15 is 0 Å². The molecule has 1 N–H and O–H groups in total. The fourth-order valence-electron chi connectivity index (χ4n) is 3.27. The third-order valence-corrected chi connectivity index (χ3v) is 5.32. The molecular weight excluding hydrogens is 414 g/mol. The second kappa shape index (κ2) is 8.16. The lowest BCUT2D eigenvalue weighted by Gasteiger charge is -2.09. The second-order valence-corrected chi connectivity index (χ2v) is 8.72. The van der Waals surface area contributed by atoms with E-state index in [1.54, 1.807) is 36.7 Å². The Labute approximate surface area is 179 Å². The molecule has 8 heteroatoms. The van der Waals surface area contributed by atoms with Gasteiger partial charge >= 0.3 is 5.97 Å². The summed E-state index contributed by atoms with van der Waals surface area (Å²) < 4.78 is 30.1. The maximum Gasteiger partial charge on any atom is 0.338 e. The average molecular weight is 433 g/mol. The highest BCUT2D eigenvalue weighted by Gasteiger charge is 2.14. The van der Waals surface area contributed by atoms with Crippen LogP contribution in [0.2, 0.25) is 0 Å². The largest absolute Gasteiger partial charge is 0.465 e. The molecule has 0 amide bonds. The number of fused-ring (bicyclic) bond motifs is 1. The first-order valence-electron chi connectivity index (χ1n) is 9.36. The number of hydrogen-bond acceptors (Lipinski definition) is 6. The van der Waals surface area contributed by atoms with E-state index in [4.69, 9.17) is 4.74 Å². The summed E-state index contributed by atoms with van der Waals surface area (Å²) in [6.45, 7) is 0. The predicted octanol–water partition coefficient (Wildman–Crippen LogP) is 4.12. The van der Waals surface area contributed by atoms with Crippen molar-refractivity contribution in [1.82, 2.24) is 9.97 Å². The summed E-state index contributed by atoms with van der Waals surface area (Å²) >= 11 is 0. The Balaban J connectivity index is 1.67. The number of hydrogen-bond donors (Lipinski definition) is 1. The van der Waals surface area contributed by atoms with Crippen molar-refractivity contribution in [2.24, 2.45) is 0 Å². The molecule has 2 heterocycles. The number of carbonyl (C=O) groups is 1. The van der Waals surface area contributed by atoms with Crippen LogP contribution in [-0.4, -0.2) is 37.7 Å². The number of carbonyl (C=O) groups excluding carboxylic acids is 1.